The van der Waals surface area contributed by atoms with Gasteiger partial charge in [-0.3, -0.25) is 0 Å². The summed E-state index contributed by atoms with van der Waals surface area (Å²) in [5, 5.41) is 20.9. The summed E-state index contributed by atoms with van der Waals surface area (Å²) in [4.78, 5) is 15.0. The van der Waals surface area contributed by atoms with E-state index in [1.54, 1.807) is 18.2 Å². The summed E-state index contributed by atoms with van der Waals surface area (Å²) in [6, 6.07) is 3.91. The third-order valence-electron chi connectivity index (χ3n) is 2.62. The number of carboxylic acid groups (broad SMARTS) is 1. The van der Waals surface area contributed by atoms with E-state index in [-0.39, 0.29) is 6.01 Å². The zero-order valence-corrected chi connectivity index (χ0v) is 10.5. The van der Waals surface area contributed by atoms with E-state index in [0.29, 0.717) is 16.8 Å². The van der Waals surface area contributed by atoms with E-state index >= 15 is 0 Å². The molecule has 1 aromatic carbocycles. The molecule has 0 amide bonds. The minimum absolute atomic E-state index is 0.0385. The highest BCUT2D eigenvalue weighted by Gasteiger charge is 2.24. The summed E-state index contributed by atoms with van der Waals surface area (Å²) in [7, 11) is 1.53. The molecule has 0 aliphatic carbocycles. The van der Waals surface area contributed by atoms with Gasteiger partial charge in [-0.1, -0.05) is 0 Å². The molecule has 0 bridgehead atoms. The average molecular weight is 266 g/mol. The second-order valence-electron chi connectivity index (χ2n) is 4.05. The van der Waals surface area contributed by atoms with Gasteiger partial charge in [-0.25, -0.2) is 4.79 Å². The number of carboxylic acids is 1. The number of carbonyl (C=O) groups is 1. The molecule has 0 unspecified atom stereocenters. The van der Waals surface area contributed by atoms with Gasteiger partial charge in [-0.15, -0.1) is 0 Å². The van der Waals surface area contributed by atoms with Gasteiger partial charge in [0, 0.05) is 6.07 Å². The monoisotopic (exact) mass is 266 g/mol. The lowest BCUT2D eigenvalue weighted by Crippen LogP contribution is -2.39. The van der Waals surface area contributed by atoms with Crippen molar-refractivity contribution in [3.63, 3.8) is 0 Å². The van der Waals surface area contributed by atoms with Gasteiger partial charge in [0.1, 0.15) is 11.3 Å². The number of aliphatic hydroxyl groups is 1. The maximum absolute atomic E-state index is 10.9. The highest BCUT2D eigenvalue weighted by Crippen LogP contribution is 2.24. The molecular formula is C12H14N2O5. The van der Waals surface area contributed by atoms with E-state index in [0.717, 1.165) is 0 Å². The normalized spacial score (nSPS) is 14.1. The van der Waals surface area contributed by atoms with Crippen LogP contribution in [0.2, 0.25) is 0 Å². The van der Waals surface area contributed by atoms with Crippen LogP contribution in [0.5, 0.6) is 5.75 Å². The Morgan fingerprint density at radius 3 is 2.84 bits per heavy atom. The molecule has 0 saturated carbocycles. The molecule has 19 heavy (non-hydrogen) atoms. The van der Waals surface area contributed by atoms with Crippen molar-refractivity contribution in [3.8, 4) is 5.75 Å². The van der Waals surface area contributed by atoms with Crippen LogP contribution in [0.3, 0.4) is 0 Å². The highest BCUT2D eigenvalue weighted by molar-refractivity contribution is 5.79. The molecule has 2 aromatic rings. The van der Waals surface area contributed by atoms with Crippen LogP contribution in [0, 0.1) is 0 Å². The van der Waals surface area contributed by atoms with Crippen molar-refractivity contribution >= 4 is 23.1 Å². The second kappa shape index (κ2) is 5.15. The molecule has 7 nitrogen and oxygen atoms in total. The first-order valence-electron chi connectivity index (χ1n) is 5.63. The minimum Gasteiger partial charge on any atom is -0.497 e. The molecule has 2 rings (SSSR count). The number of aliphatic carboxylic acids is 1. The summed E-state index contributed by atoms with van der Waals surface area (Å²) in [6.07, 6.45) is -1.08. The number of hydrogen-bond acceptors (Lipinski definition) is 6. The van der Waals surface area contributed by atoms with Crippen LogP contribution in [0.15, 0.2) is 22.6 Å². The van der Waals surface area contributed by atoms with E-state index in [1.165, 1.54) is 14.0 Å². The Kier molecular flexibility index (Phi) is 3.57. The predicted molar refractivity (Wildman–Crippen MR) is 67.3 cm³/mol. The van der Waals surface area contributed by atoms with Crippen LogP contribution in [0.4, 0.5) is 6.01 Å². The van der Waals surface area contributed by atoms with E-state index in [2.05, 4.69) is 10.3 Å². The fraction of sp³-hybridized carbons (Fsp3) is 0.333. The fourth-order valence-electron chi connectivity index (χ4n) is 1.62. The maximum atomic E-state index is 10.9. The molecule has 0 aliphatic heterocycles. The largest absolute Gasteiger partial charge is 0.497 e. The van der Waals surface area contributed by atoms with Crippen LogP contribution in [0.25, 0.3) is 11.1 Å². The molecule has 3 N–H and O–H groups in total. The van der Waals surface area contributed by atoms with Gasteiger partial charge in [-0.2, -0.15) is 4.98 Å². The number of aromatic nitrogens is 1. The van der Waals surface area contributed by atoms with Crippen molar-refractivity contribution in [2.75, 3.05) is 12.4 Å². The van der Waals surface area contributed by atoms with Gasteiger partial charge in [0.25, 0.3) is 6.01 Å². The van der Waals surface area contributed by atoms with E-state index in [4.69, 9.17) is 14.3 Å². The molecule has 7 heteroatoms. The smallest absolute Gasteiger partial charge is 0.328 e. The lowest BCUT2D eigenvalue weighted by molar-refractivity contribution is -0.140. The zero-order chi connectivity index (χ0) is 14.0. The molecule has 0 saturated heterocycles. The third-order valence-corrected chi connectivity index (χ3v) is 2.62. The van der Waals surface area contributed by atoms with Crippen LogP contribution in [-0.4, -0.2) is 40.4 Å². The van der Waals surface area contributed by atoms with Crippen molar-refractivity contribution in [2.24, 2.45) is 0 Å². The van der Waals surface area contributed by atoms with Gasteiger partial charge in [0.2, 0.25) is 0 Å². The van der Waals surface area contributed by atoms with E-state index < -0.39 is 18.1 Å². The minimum atomic E-state index is -1.19. The fourth-order valence-corrected chi connectivity index (χ4v) is 1.62. The number of fused-ring (bicyclic) bond motifs is 1. The van der Waals surface area contributed by atoms with Crippen molar-refractivity contribution in [2.45, 2.75) is 19.1 Å². The Balaban J connectivity index is 2.28. The number of aliphatic hydroxyl groups excluding tert-OH is 1. The van der Waals surface area contributed by atoms with Crippen LogP contribution in [0.1, 0.15) is 6.92 Å². The Morgan fingerprint density at radius 1 is 1.53 bits per heavy atom. The van der Waals surface area contributed by atoms with Crippen LogP contribution < -0.4 is 10.1 Å². The summed E-state index contributed by atoms with van der Waals surface area (Å²) in [6.45, 7) is 1.37. The van der Waals surface area contributed by atoms with Crippen LogP contribution in [-0.2, 0) is 4.79 Å². The topological polar surface area (TPSA) is 105 Å². The average Bonchev–Trinajstić information content (AvgIpc) is 2.76. The van der Waals surface area contributed by atoms with Crippen molar-refractivity contribution in [1.29, 1.82) is 0 Å². The number of oxazole rings is 1. The Morgan fingerprint density at radius 2 is 2.26 bits per heavy atom. The standard InChI is InChI=1S/C12H14N2O5/c1-6(15)10(11(16)17)14-12-13-8-4-3-7(18-2)5-9(8)19-12/h3-6,10,15H,1-2H3,(H,13,14)(H,16,17)/t6-,10+/m1/s1. The van der Waals surface area contributed by atoms with Gasteiger partial charge in [0.15, 0.2) is 11.6 Å². The number of hydrogen-bond donors (Lipinski definition) is 3. The summed E-state index contributed by atoms with van der Waals surface area (Å²) >= 11 is 0. The number of nitrogens with zero attached hydrogens (tertiary/aromatic N) is 1. The number of anilines is 1. The number of benzene rings is 1. The first-order chi connectivity index (χ1) is 9.01. The predicted octanol–water partition coefficient (Wildman–Crippen LogP) is 1.08. The Bertz CT molecular complexity index is 593. The van der Waals surface area contributed by atoms with Gasteiger partial charge >= 0.3 is 5.97 Å². The van der Waals surface area contributed by atoms with Crippen LogP contribution >= 0.6 is 0 Å². The number of ether oxygens (including phenoxy) is 1. The number of methoxy groups -OCH3 is 1. The van der Waals surface area contributed by atoms with Crippen molar-refractivity contribution < 1.29 is 24.2 Å². The molecule has 0 radical (unpaired) electrons. The number of rotatable bonds is 5. The summed E-state index contributed by atoms with van der Waals surface area (Å²) in [5.74, 6) is -0.574. The SMILES string of the molecule is COc1ccc2nc(N[C@H](C(=O)O)[C@@H](C)O)oc2c1. The Hall–Kier alpha value is -2.28. The van der Waals surface area contributed by atoms with E-state index in [1.807, 2.05) is 0 Å². The molecular weight excluding hydrogens is 252 g/mol. The van der Waals surface area contributed by atoms with Gasteiger partial charge < -0.3 is 24.7 Å². The molecule has 0 fully saturated rings. The number of nitrogens with one attached hydrogen (secondary N) is 1. The second-order valence-corrected chi connectivity index (χ2v) is 4.05. The molecule has 1 heterocycles. The zero-order valence-electron chi connectivity index (χ0n) is 10.5. The molecule has 102 valence electrons. The summed E-state index contributed by atoms with van der Waals surface area (Å²) < 4.78 is 10.4. The van der Waals surface area contributed by atoms with Gasteiger partial charge in [-0.05, 0) is 19.1 Å². The third kappa shape index (κ3) is 2.76. The molecule has 0 spiro atoms. The molecule has 1 aromatic heterocycles. The molecule has 2 atom stereocenters. The lowest BCUT2D eigenvalue weighted by atomic mass is 10.2. The summed E-state index contributed by atoms with van der Waals surface area (Å²) in [5.41, 5.74) is 1.04. The molecule has 0 aliphatic rings. The maximum Gasteiger partial charge on any atom is 0.328 e. The first-order valence-corrected chi connectivity index (χ1v) is 5.63. The highest BCUT2D eigenvalue weighted by atomic mass is 16.5. The van der Waals surface area contributed by atoms with E-state index in [9.17, 15) is 9.90 Å². The van der Waals surface area contributed by atoms with Crippen molar-refractivity contribution in [3.05, 3.63) is 18.2 Å². The quantitative estimate of drug-likeness (QED) is 0.743. The van der Waals surface area contributed by atoms with Crippen molar-refractivity contribution in [1.82, 2.24) is 4.98 Å². The first kappa shape index (κ1) is 13.2. The Labute approximate surface area is 108 Å². The lowest BCUT2D eigenvalue weighted by Gasteiger charge is -2.14. The van der Waals surface area contributed by atoms with Gasteiger partial charge in [0.05, 0.1) is 13.2 Å².